The van der Waals surface area contributed by atoms with Gasteiger partial charge in [0, 0.05) is 5.92 Å². The van der Waals surface area contributed by atoms with Gasteiger partial charge in [0.05, 0.1) is 11.8 Å². The van der Waals surface area contributed by atoms with Crippen LogP contribution in [0.3, 0.4) is 0 Å². The molecule has 3 saturated carbocycles. The second-order valence-corrected chi connectivity index (χ2v) is 7.89. The summed E-state index contributed by atoms with van der Waals surface area (Å²) in [6, 6.07) is 0. The standard InChI is InChI=1S/C18H26O4/c1-3-18(7-5-4-6-8-18)22-17(20)13-11-9-12-14(13)16(19)21-15(12)10(11)2/h10-15H,3-9H2,1-2H3/t10-,11?,12?,13?,14?,15?/m1/s1. The zero-order valence-corrected chi connectivity index (χ0v) is 13.5. The molecule has 6 atom stereocenters. The second kappa shape index (κ2) is 4.97. The van der Waals surface area contributed by atoms with Crippen LogP contribution in [0.1, 0.15) is 58.8 Å². The summed E-state index contributed by atoms with van der Waals surface area (Å²) < 4.78 is 11.6. The molecule has 4 fully saturated rings. The maximum atomic E-state index is 12.9. The third kappa shape index (κ3) is 1.88. The van der Waals surface area contributed by atoms with E-state index < -0.39 is 0 Å². The SMILES string of the molecule is CCC1(OC(=O)C2C3C(=O)OC4C3CC2[C@H]4C)CCCCC1. The molecule has 2 bridgehead atoms. The first-order valence-corrected chi connectivity index (χ1v) is 9.00. The number of rotatable bonds is 3. The first kappa shape index (κ1) is 14.5. The highest BCUT2D eigenvalue weighted by molar-refractivity contribution is 5.86. The van der Waals surface area contributed by atoms with E-state index >= 15 is 0 Å². The number of esters is 2. The zero-order valence-electron chi connectivity index (χ0n) is 13.5. The Bertz CT molecular complexity index is 493. The molecule has 0 aromatic heterocycles. The molecule has 4 nitrogen and oxygen atoms in total. The van der Waals surface area contributed by atoms with Gasteiger partial charge in [0.2, 0.25) is 0 Å². The average molecular weight is 306 g/mol. The molecule has 0 aromatic carbocycles. The first-order chi connectivity index (χ1) is 10.6. The normalized spacial score (nSPS) is 44.9. The van der Waals surface area contributed by atoms with E-state index in [4.69, 9.17) is 9.47 Å². The van der Waals surface area contributed by atoms with Crippen molar-refractivity contribution in [2.45, 2.75) is 70.5 Å². The molecule has 0 spiro atoms. The molecule has 4 rings (SSSR count). The predicted molar refractivity (Wildman–Crippen MR) is 79.8 cm³/mol. The molecule has 0 radical (unpaired) electrons. The summed E-state index contributed by atoms with van der Waals surface area (Å²) in [5.41, 5.74) is -0.275. The number of carbonyl (C=O) groups excluding carboxylic acids is 2. The Morgan fingerprint density at radius 3 is 2.68 bits per heavy atom. The van der Waals surface area contributed by atoms with Crippen LogP contribution in [0.4, 0.5) is 0 Å². The molecule has 1 heterocycles. The minimum absolute atomic E-state index is 0.0568. The Hall–Kier alpha value is -1.06. The zero-order chi connectivity index (χ0) is 15.5. The van der Waals surface area contributed by atoms with Crippen molar-refractivity contribution >= 4 is 11.9 Å². The first-order valence-electron chi connectivity index (χ1n) is 9.00. The molecular weight excluding hydrogens is 280 g/mol. The highest BCUT2D eigenvalue weighted by Crippen LogP contribution is 2.60. The lowest BCUT2D eigenvalue weighted by Gasteiger charge is -2.38. The highest BCUT2D eigenvalue weighted by atomic mass is 16.6. The quantitative estimate of drug-likeness (QED) is 0.752. The van der Waals surface area contributed by atoms with E-state index in [9.17, 15) is 9.59 Å². The van der Waals surface area contributed by atoms with Crippen molar-refractivity contribution in [1.82, 2.24) is 0 Å². The number of hydrogen-bond donors (Lipinski definition) is 0. The number of hydrogen-bond acceptors (Lipinski definition) is 4. The van der Waals surface area contributed by atoms with E-state index in [0.717, 1.165) is 38.5 Å². The maximum absolute atomic E-state index is 12.9. The monoisotopic (exact) mass is 306 g/mol. The van der Waals surface area contributed by atoms with Gasteiger partial charge in [-0.05, 0) is 50.4 Å². The summed E-state index contributed by atoms with van der Waals surface area (Å²) in [7, 11) is 0. The summed E-state index contributed by atoms with van der Waals surface area (Å²) in [4.78, 5) is 25.1. The summed E-state index contributed by atoms with van der Waals surface area (Å²) in [5, 5.41) is 0. The van der Waals surface area contributed by atoms with Gasteiger partial charge in [0.1, 0.15) is 11.7 Å². The van der Waals surface area contributed by atoms with Crippen molar-refractivity contribution in [3.8, 4) is 0 Å². The molecule has 0 N–H and O–H groups in total. The number of fused-ring (bicyclic) bond motifs is 1. The second-order valence-electron chi connectivity index (χ2n) is 7.89. The predicted octanol–water partition coefficient (Wildman–Crippen LogP) is 3.09. The van der Waals surface area contributed by atoms with Crippen molar-refractivity contribution in [1.29, 1.82) is 0 Å². The molecule has 4 heteroatoms. The third-order valence-electron chi connectivity index (χ3n) is 6.99. The van der Waals surface area contributed by atoms with Gasteiger partial charge in [-0.2, -0.15) is 0 Å². The molecular formula is C18H26O4. The van der Waals surface area contributed by atoms with Crippen LogP contribution in [0.15, 0.2) is 0 Å². The van der Waals surface area contributed by atoms with Gasteiger partial charge in [-0.1, -0.05) is 20.3 Å². The van der Waals surface area contributed by atoms with Crippen LogP contribution in [0.2, 0.25) is 0 Å². The Morgan fingerprint density at radius 1 is 1.27 bits per heavy atom. The van der Waals surface area contributed by atoms with Gasteiger partial charge in [0.25, 0.3) is 0 Å². The molecule has 4 aliphatic rings. The minimum Gasteiger partial charge on any atom is -0.462 e. The van der Waals surface area contributed by atoms with Crippen molar-refractivity contribution in [2.75, 3.05) is 0 Å². The summed E-state index contributed by atoms with van der Waals surface area (Å²) in [5.74, 6) is 0.0794. The average Bonchev–Trinajstić information content (AvgIpc) is 3.12. The van der Waals surface area contributed by atoms with Crippen LogP contribution >= 0.6 is 0 Å². The lowest BCUT2D eigenvalue weighted by Crippen LogP contribution is -2.43. The Labute approximate surface area is 131 Å². The van der Waals surface area contributed by atoms with Crippen LogP contribution in [-0.4, -0.2) is 23.6 Å². The molecule has 0 amide bonds. The Balaban J connectivity index is 1.54. The van der Waals surface area contributed by atoms with E-state index in [1.165, 1.54) is 6.42 Å². The Kier molecular flexibility index (Phi) is 3.28. The van der Waals surface area contributed by atoms with Gasteiger partial charge in [-0.25, -0.2) is 0 Å². The smallest absolute Gasteiger partial charge is 0.310 e. The van der Waals surface area contributed by atoms with E-state index in [-0.39, 0.29) is 47.3 Å². The maximum Gasteiger partial charge on any atom is 0.310 e. The largest absolute Gasteiger partial charge is 0.462 e. The minimum atomic E-state index is -0.275. The van der Waals surface area contributed by atoms with Crippen LogP contribution in [-0.2, 0) is 19.1 Å². The number of ether oxygens (including phenoxy) is 2. The molecule has 0 aromatic rings. The van der Waals surface area contributed by atoms with Gasteiger partial charge in [0.15, 0.2) is 0 Å². The summed E-state index contributed by atoms with van der Waals surface area (Å²) >= 11 is 0. The van der Waals surface area contributed by atoms with Gasteiger partial charge >= 0.3 is 11.9 Å². The van der Waals surface area contributed by atoms with Gasteiger partial charge in [-0.15, -0.1) is 0 Å². The Morgan fingerprint density at radius 2 is 2.00 bits per heavy atom. The van der Waals surface area contributed by atoms with Gasteiger partial charge in [-0.3, -0.25) is 9.59 Å². The molecule has 1 saturated heterocycles. The van der Waals surface area contributed by atoms with Crippen molar-refractivity contribution in [3.05, 3.63) is 0 Å². The van der Waals surface area contributed by atoms with Crippen molar-refractivity contribution in [2.24, 2.45) is 29.6 Å². The van der Waals surface area contributed by atoms with E-state index in [1.807, 2.05) is 0 Å². The lowest BCUT2D eigenvalue weighted by atomic mass is 9.74. The highest BCUT2D eigenvalue weighted by Gasteiger charge is 2.67. The van der Waals surface area contributed by atoms with E-state index in [1.54, 1.807) is 0 Å². The fourth-order valence-corrected chi connectivity index (χ4v) is 5.71. The number of carbonyl (C=O) groups is 2. The summed E-state index contributed by atoms with van der Waals surface area (Å²) in [6.45, 7) is 4.24. The fourth-order valence-electron chi connectivity index (χ4n) is 5.71. The van der Waals surface area contributed by atoms with Crippen molar-refractivity contribution in [3.63, 3.8) is 0 Å². The molecule has 3 aliphatic carbocycles. The van der Waals surface area contributed by atoms with E-state index in [0.29, 0.717) is 5.92 Å². The molecule has 5 unspecified atom stereocenters. The lowest BCUT2D eigenvalue weighted by molar-refractivity contribution is -0.174. The molecule has 122 valence electrons. The topological polar surface area (TPSA) is 52.6 Å². The molecule has 22 heavy (non-hydrogen) atoms. The fraction of sp³-hybridized carbons (Fsp3) is 0.889. The molecule has 1 aliphatic heterocycles. The summed E-state index contributed by atoms with van der Waals surface area (Å²) in [6.07, 6.45) is 7.37. The van der Waals surface area contributed by atoms with Crippen LogP contribution < -0.4 is 0 Å². The van der Waals surface area contributed by atoms with Crippen LogP contribution in [0.5, 0.6) is 0 Å². The van der Waals surface area contributed by atoms with Crippen molar-refractivity contribution < 1.29 is 19.1 Å². The van der Waals surface area contributed by atoms with E-state index in [2.05, 4.69) is 13.8 Å². The van der Waals surface area contributed by atoms with Crippen LogP contribution in [0, 0.1) is 29.6 Å². The van der Waals surface area contributed by atoms with Gasteiger partial charge < -0.3 is 9.47 Å². The van der Waals surface area contributed by atoms with Crippen LogP contribution in [0.25, 0.3) is 0 Å². The third-order valence-corrected chi connectivity index (χ3v) is 6.99.